The average Bonchev–Trinajstić information content (AvgIpc) is 2.11. The third kappa shape index (κ3) is 6.26. The maximum absolute atomic E-state index is 8.38. The van der Waals surface area contributed by atoms with Crippen molar-refractivity contribution < 1.29 is 0 Å². The molecule has 0 amide bonds. The van der Waals surface area contributed by atoms with E-state index in [0.29, 0.717) is 6.42 Å². The van der Waals surface area contributed by atoms with E-state index in [0.717, 1.165) is 25.4 Å². The molecule has 3 heteroatoms. The normalized spacial score (nSPS) is 10.8. The van der Waals surface area contributed by atoms with Crippen LogP contribution in [-0.4, -0.2) is 30.3 Å². The van der Waals surface area contributed by atoms with Crippen LogP contribution in [0.2, 0.25) is 0 Å². The van der Waals surface area contributed by atoms with Crippen molar-refractivity contribution in [1.29, 1.82) is 5.26 Å². The predicted molar refractivity (Wildman–Crippen MR) is 55.3 cm³/mol. The first-order chi connectivity index (χ1) is 5.85. The fourth-order valence-electron chi connectivity index (χ4n) is 0.885. The summed E-state index contributed by atoms with van der Waals surface area (Å²) in [6, 6.07) is 2.14. The van der Waals surface area contributed by atoms with Gasteiger partial charge in [-0.05, 0) is 6.54 Å². The summed E-state index contributed by atoms with van der Waals surface area (Å²) < 4.78 is 0. The number of rotatable bonds is 6. The Balaban J connectivity index is 3.54. The summed E-state index contributed by atoms with van der Waals surface area (Å²) >= 11 is 4.07. The maximum Gasteiger partial charge on any atom is 0.0635 e. The lowest BCUT2D eigenvalue weighted by atomic mass is 10.4. The smallest absolute Gasteiger partial charge is 0.0635 e. The van der Waals surface area contributed by atoms with E-state index in [2.05, 4.69) is 36.6 Å². The van der Waals surface area contributed by atoms with Crippen molar-refractivity contribution in [1.82, 2.24) is 4.90 Å². The predicted octanol–water partition coefficient (Wildman–Crippen LogP) is 1.71. The van der Waals surface area contributed by atoms with Crippen LogP contribution in [0, 0.1) is 11.3 Å². The molecule has 0 rings (SSSR count). The quantitative estimate of drug-likeness (QED) is 0.502. The van der Waals surface area contributed by atoms with E-state index in [9.17, 15) is 0 Å². The van der Waals surface area contributed by atoms with Gasteiger partial charge < -0.3 is 0 Å². The zero-order valence-corrected chi connectivity index (χ0v) is 8.43. The van der Waals surface area contributed by atoms with Gasteiger partial charge in [-0.25, -0.2) is 0 Å². The molecule has 0 N–H and O–H groups in total. The highest BCUT2D eigenvalue weighted by Gasteiger charge is 1.97. The number of hydrogen-bond acceptors (Lipinski definition) is 3. The largest absolute Gasteiger partial charge is 0.299 e. The van der Waals surface area contributed by atoms with Crippen LogP contribution in [0.15, 0.2) is 12.2 Å². The Morgan fingerprint density at radius 2 is 2.25 bits per heavy atom. The SMILES string of the molecule is CCN(CC=CCS)CCC#N. The second-order valence-corrected chi connectivity index (χ2v) is 2.82. The van der Waals surface area contributed by atoms with E-state index in [1.54, 1.807) is 0 Å². The summed E-state index contributed by atoms with van der Waals surface area (Å²) in [5.74, 6) is 0.788. The van der Waals surface area contributed by atoms with Crippen molar-refractivity contribution in [2.45, 2.75) is 13.3 Å². The lowest BCUT2D eigenvalue weighted by Gasteiger charge is -2.15. The Hall–Kier alpha value is -0.460. The lowest BCUT2D eigenvalue weighted by Crippen LogP contribution is -2.24. The minimum Gasteiger partial charge on any atom is -0.299 e. The maximum atomic E-state index is 8.38. The summed E-state index contributed by atoms with van der Waals surface area (Å²) in [6.07, 6.45) is 4.73. The first-order valence-corrected chi connectivity index (χ1v) is 4.83. The monoisotopic (exact) mass is 184 g/mol. The van der Waals surface area contributed by atoms with E-state index in [4.69, 9.17) is 5.26 Å². The summed E-state index contributed by atoms with van der Waals surface area (Å²) in [6.45, 7) is 4.90. The molecule has 68 valence electrons. The third-order valence-corrected chi connectivity index (χ3v) is 1.83. The second kappa shape index (κ2) is 8.63. The van der Waals surface area contributed by atoms with Crippen molar-refractivity contribution in [2.75, 3.05) is 25.4 Å². The summed E-state index contributed by atoms with van der Waals surface area (Å²) in [4.78, 5) is 2.23. The molecule has 0 aromatic heterocycles. The van der Waals surface area contributed by atoms with Gasteiger partial charge in [0.05, 0.1) is 6.07 Å². The van der Waals surface area contributed by atoms with Crippen LogP contribution in [0.3, 0.4) is 0 Å². The van der Waals surface area contributed by atoms with E-state index in [1.807, 2.05) is 6.08 Å². The minimum atomic E-state index is 0.614. The fraction of sp³-hybridized carbons (Fsp3) is 0.667. The van der Waals surface area contributed by atoms with Gasteiger partial charge in [0.25, 0.3) is 0 Å². The first kappa shape index (κ1) is 11.5. The topological polar surface area (TPSA) is 27.0 Å². The Bertz CT molecular complexity index is 160. The highest BCUT2D eigenvalue weighted by Crippen LogP contribution is 1.91. The van der Waals surface area contributed by atoms with Gasteiger partial charge in [-0.15, -0.1) is 0 Å². The molecule has 0 aromatic rings. The van der Waals surface area contributed by atoms with E-state index >= 15 is 0 Å². The molecule has 0 bridgehead atoms. The first-order valence-electron chi connectivity index (χ1n) is 4.20. The van der Waals surface area contributed by atoms with Crippen LogP contribution in [-0.2, 0) is 0 Å². The molecular formula is C9H16N2S. The van der Waals surface area contributed by atoms with Crippen molar-refractivity contribution >= 4 is 12.6 Å². The van der Waals surface area contributed by atoms with Gasteiger partial charge >= 0.3 is 0 Å². The lowest BCUT2D eigenvalue weighted by molar-refractivity contribution is 0.327. The standard InChI is InChI=1S/C9H16N2S/c1-2-11(8-5-6-10)7-3-4-9-12/h3-4,12H,2,5,7-9H2,1H3. The summed E-state index contributed by atoms with van der Waals surface area (Å²) in [5, 5.41) is 8.38. The fourth-order valence-corrected chi connectivity index (χ4v) is 1.03. The van der Waals surface area contributed by atoms with Crippen molar-refractivity contribution in [3.05, 3.63) is 12.2 Å². The zero-order valence-electron chi connectivity index (χ0n) is 7.53. The van der Waals surface area contributed by atoms with Crippen LogP contribution in [0.25, 0.3) is 0 Å². The minimum absolute atomic E-state index is 0.614. The number of nitrogens with zero attached hydrogens (tertiary/aromatic N) is 2. The van der Waals surface area contributed by atoms with Crippen LogP contribution in [0.5, 0.6) is 0 Å². The highest BCUT2D eigenvalue weighted by molar-refractivity contribution is 7.80. The van der Waals surface area contributed by atoms with Gasteiger partial charge in [0.1, 0.15) is 0 Å². The van der Waals surface area contributed by atoms with Crippen LogP contribution < -0.4 is 0 Å². The molecule has 0 saturated heterocycles. The number of thiol groups is 1. The Morgan fingerprint density at radius 1 is 1.50 bits per heavy atom. The van der Waals surface area contributed by atoms with Gasteiger partial charge in [-0.3, -0.25) is 4.90 Å². The van der Waals surface area contributed by atoms with Gasteiger partial charge in [0.15, 0.2) is 0 Å². The van der Waals surface area contributed by atoms with Gasteiger partial charge in [0.2, 0.25) is 0 Å². The molecule has 0 fully saturated rings. The van der Waals surface area contributed by atoms with Crippen LogP contribution in [0.4, 0.5) is 0 Å². The molecule has 0 aromatic carbocycles. The van der Waals surface area contributed by atoms with Crippen LogP contribution >= 0.6 is 12.6 Å². The molecule has 0 spiro atoms. The molecule has 2 nitrogen and oxygen atoms in total. The molecule has 0 atom stereocenters. The number of likely N-dealkylation sites (N-methyl/N-ethyl adjacent to an activating group) is 1. The highest BCUT2D eigenvalue weighted by atomic mass is 32.1. The molecule has 0 aliphatic heterocycles. The molecule has 0 unspecified atom stereocenters. The number of nitriles is 1. The molecule has 0 radical (unpaired) electrons. The Labute approximate surface area is 80.3 Å². The second-order valence-electron chi connectivity index (χ2n) is 2.46. The van der Waals surface area contributed by atoms with Gasteiger partial charge in [-0.2, -0.15) is 17.9 Å². The van der Waals surface area contributed by atoms with Crippen LogP contribution in [0.1, 0.15) is 13.3 Å². The molecule has 12 heavy (non-hydrogen) atoms. The van der Waals surface area contributed by atoms with Gasteiger partial charge in [0, 0.05) is 25.3 Å². The summed E-state index contributed by atoms with van der Waals surface area (Å²) in [5.41, 5.74) is 0. The molecule has 0 aliphatic rings. The van der Waals surface area contributed by atoms with Crippen molar-refractivity contribution in [2.24, 2.45) is 0 Å². The zero-order chi connectivity index (χ0) is 9.23. The van der Waals surface area contributed by atoms with Crippen molar-refractivity contribution in [3.63, 3.8) is 0 Å². The van der Waals surface area contributed by atoms with E-state index in [-0.39, 0.29) is 0 Å². The number of hydrogen-bond donors (Lipinski definition) is 1. The Morgan fingerprint density at radius 3 is 2.75 bits per heavy atom. The van der Waals surface area contributed by atoms with E-state index < -0.39 is 0 Å². The van der Waals surface area contributed by atoms with E-state index in [1.165, 1.54) is 0 Å². The summed E-state index contributed by atoms with van der Waals surface area (Å²) in [7, 11) is 0. The van der Waals surface area contributed by atoms with Crippen molar-refractivity contribution in [3.8, 4) is 6.07 Å². The average molecular weight is 184 g/mol. The molecular weight excluding hydrogens is 168 g/mol. The Kier molecular flexibility index (Phi) is 8.30. The molecule has 0 aliphatic carbocycles. The van der Waals surface area contributed by atoms with Gasteiger partial charge in [-0.1, -0.05) is 19.1 Å². The molecule has 0 saturated carbocycles. The molecule has 0 heterocycles. The third-order valence-electron chi connectivity index (χ3n) is 1.62.